The molecule has 0 bridgehead atoms. The van der Waals surface area contributed by atoms with Gasteiger partial charge in [0, 0.05) is 25.6 Å². The first-order chi connectivity index (χ1) is 9.42. The predicted molar refractivity (Wildman–Crippen MR) is 72.0 cm³/mol. The number of halogens is 1. The molecular formula is C14H23FN2O3. The van der Waals surface area contributed by atoms with E-state index in [1.165, 1.54) is 0 Å². The van der Waals surface area contributed by atoms with Crippen LogP contribution in [0.15, 0.2) is 0 Å². The molecule has 1 saturated heterocycles. The molecule has 20 heavy (non-hydrogen) atoms. The number of hydrogen-bond acceptors (Lipinski definition) is 3. The zero-order chi connectivity index (χ0) is 14.8. The Bertz CT molecular complexity index is 369. The summed E-state index contributed by atoms with van der Waals surface area (Å²) < 4.78 is 14.4. The molecule has 0 aromatic rings. The Labute approximate surface area is 118 Å². The minimum Gasteiger partial charge on any atom is -0.481 e. The van der Waals surface area contributed by atoms with E-state index < -0.39 is 11.6 Å². The van der Waals surface area contributed by atoms with E-state index in [4.69, 9.17) is 5.11 Å². The lowest BCUT2D eigenvalue weighted by Gasteiger charge is -2.40. The highest BCUT2D eigenvalue weighted by atomic mass is 19.1. The Morgan fingerprint density at radius 3 is 2.75 bits per heavy atom. The van der Waals surface area contributed by atoms with Crippen molar-refractivity contribution < 1.29 is 19.1 Å². The first-order valence-electron chi connectivity index (χ1n) is 7.24. The van der Waals surface area contributed by atoms with E-state index in [1.54, 1.807) is 11.8 Å². The second-order valence-corrected chi connectivity index (χ2v) is 6.36. The molecular weight excluding hydrogens is 263 g/mol. The molecule has 1 saturated carbocycles. The van der Waals surface area contributed by atoms with Gasteiger partial charge in [0.2, 0.25) is 6.41 Å². The van der Waals surface area contributed by atoms with E-state index in [-0.39, 0.29) is 17.8 Å². The average molecular weight is 286 g/mol. The highest BCUT2D eigenvalue weighted by Crippen LogP contribution is 2.35. The van der Waals surface area contributed by atoms with Crippen molar-refractivity contribution in [2.45, 2.75) is 31.9 Å². The molecule has 1 amide bonds. The fraction of sp³-hybridized carbons (Fsp3) is 0.857. The highest BCUT2D eigenvalue weighted by molar-refractivity contribution is 5.71. The molecule has 2 N–H and O–H groups in total. The second-order valence-electron chi connectivity index (χ2n) is 6.36. The number of carbonyl (C=O) groups is 2. The van der Waals surface area contributed by atoms with Crippen molar-refractivity contribution in [3.05, 3.63) is 0 Å². The molecule has 2 aliphatic rings. The zero-order valence-electron chi connectivity index (χ0n) is 11.8. The maximum absolute atomic E-state index is 14.4. The Kier molecular flexibility index (Phi) is 4.62. The van der Waals surface area contributed by atoms with Gasteiger partial charge in [0.25, 0.3) is 0 Å². The average Bonchev–Trinajstić information content (AvgIpc) is 2.32. The van der Waals surface area contributed by atoms with Crippen molar-refractivity contribution in [2.24, 2.45) is 17.8 Å². The number of nitrogens with zero attached hydrogens (tertiary/aromatic N) is 1. The van der Waals surface area contributed by atoms with Gasteiger partial charge in [-0.15, -0.1) is 0 Å². The lowest BCUT2D eigenvalue weighted by molar-refractivity contribution is -0.146. The van der Waals surface area contributed by atoms with Crippen LogP contribution in [-0.4, -0.2) is 54.2 Å². The van der Waals surface area contributed by atoms with Crippen molar-refractivity contribution in [2.75, 3.05) is 26.2 Å². The Morgan fingerprint density at radius 1 is 1.50 bits per heavy atom. The van der Waals surface area contributed by atoms with E-state index in [9.17, 15) is 14.0 Å². The molecule has 2 unspecified atom stereocenters. The molecule has 6 heteroatoms. The predicted octanol–water partition coefficient (Wildman–Crippen LogP) is 0.893. The van der Waals surface area contributed by atoms with Crippen LogP contribution in [0.3, 0.4) is 0 Å². The summed E-state index contributed by atoms with van der Waals surface area (Å²) in [7, 11) is 0. The van der Waals surface area contributed by atoms with Crippen LogP contribution in [-0.2, 0) is 9.59 Å². The van der Waals surface area contributed by atoms with Crippen LogP contribution in [0, 0.1) is 17.8 Å². The monoisotopic (exact) mass is 286 g/mol. The molecule has 0 aromatic carbocycles. The number of amides is 1. The zero-order valence-corrected chi connectivity index (χ0v) is 11.8. The fourth-order valence-electron chi connectivity index (χ4n) is 3.14. The Balaban J connectivity index is 1.81. The standard InChI is InChI=1S/C14H23FN2O3/c1-14(15)2-3-16-6-12(14)8-17(9-18)7-10-4-11(5-10)13(19)20/h9-12,16H,2-8H2,1H3,(H,19,20). The summed E-state index contributed by atoms with van der Waals surface area (Å²) in [6.07, 6.45) is 2.47. The first kappa shape index (κ1) is 15.2. The topological polar surface area (TPSA) is 69.6 Å². The molecule has 5 nitrogen and oxygen atoms in total. The van der Waals surface area contributed by atoms with Crippen LogP contribution in [0.25, 0.3) is 0 Å². The molecule has 2 atom stereocenters. The van der Waals surface area contributed by atoms with Gasteiger partial charge in [-0.3, -0.25) is 9.59 Å². The van der Waals surface area contributed by atoms with Crippen molar-refractivity contribution in [3.63, 3.8) is 0 Å². The lowest BCUT2D eigenvalue weighted by atomic mass is 9.74. The minimum absolute atomic E-state index is 0.197. The van der Waals surface area contributed by atoms with Gasteiger partial charge in [0.15, 0.2) is 0 Å². The number of carboxylic acid groups (broad SMARTS) is 1. The number of nitrogens with one attached hydrogen (secondary N) is 1. The second kappa shape index (κ2) is 6.08. The summed E-state index contributed by atoms with van der Waals surface area (Å²) in [6, 6.07) is 0. The summed E-state index contributed by atoms with van der Waals surface area (Å²) >= 11 is 0. The Hall–Kier alpha value is -1.17. The molecule has 0 radical (unpaired) electrons. The molecule has 2 fully saturated rings. The summed E-state index contributed by atoms with van der Waals surface area (Å²) in [4.78, 5) is 23.5. The third kappa shape index (κ3) is 3.48. The minimum atomic E-state index is -1.24. The van der Waals surface area contributed by atoms with Crippen LogP contribution < -0.4 is 5.32 Å². The van der Waals surface area contributed by atoms with Crippen molar-refractivity contribution in [3.8, 4) is 0 Å². The quantitative estimate of drug-likeness (QED) is 0.712. The number of alkyl halides is 1. The summed E-state index contributed by atoms with van der Waals surface area (Å²) in [5.41, 5.74) is -1.24. The van der Waals surface area contributed by atoms with E-state index in [0.29, 0.717) is 45.4 Å². The number of rotatable bonds is 6. The van der Waals surface area contributed by atoms with E-state index in [0.717, 1.165) is 6.41 Å². The number of hydrogen-bond donors (Lipinski definition) is 2. The van der Waals surface area contributed by atoms with Crippen LogP contribution in [0.4, 0.5) is 4.39 Å². The summed E-state index contributed by atoms with van der Waals surface area (Å²) in [5, 5.41) is 12.0. The SMILES string of the molecule is CC1(F)CCNCC1CN(C=O)CC1CC(C(=O)O)C1. The smallest absolute Gasteiger partial charge is 0.306 e. The van der Waals surface area contributed by atoms with Gasteiger partial charge in [0.05, 0.1) is 5.92 Å². The van der Waals surface area contributed by atoms with Crippen LogP contribution in [0.1, 0.15) is 26.2 Å². The maximum atomic E-state index is 14.4. The van der Waals surface area contributed by atoms with Gasteiger partial charge in [-0.05, 0) is 38.6 Å². The third-order valence-electron chi connectivity index (χ3n) is 4.71. The number of aliphatic carboxylic acids is 1. The Morgan fingerprint density at radius 2 is 2.20 bits per heavy atom. The van der Waals surface area contributed by atoms with Gasteiger partial charge >= 0.3 is 5.97 Å². The molecule has 1 aliphatic heterocycles. The lowest BCUT2D eigenvalue weighted by Crippen LogP contribution is -2.51. The normalized spacial score (nSPS) is 37.0. The largest absolute Gasteiger partial charge is 0.481 e. The van der Waals surface area contributed by atoms with Gasteiger partial charge in [-0.25, -0.2) is 4.39 Å². The molecule has 0 spiro atoms. The molecule has 1 heterocycles. The molecule has 114 valence electrons. The number of carbonyl (C=O) groups excluding carboxylic acids is 1. The van der Waals surface area contributed by atoms with E-state index in [1.807, 2.05) is 0 Å². The summed E-state index contributed by atoms with van der Waals surface area (Å²) in [6.45, 7) is 3.80. The van der Waals surface area contributed by atoms with E-state index >= 15 is 0 Å². The molecule has 1 aliphatic carbocycles. The van der Waals surface area contributed by atoms with Crippen molar-refractivity contribution in [1.82, 2.24) is 10.2 Å². The van der Waals surface area contributed by atoms with Gasteiger partial charge in [0.1, 0.15) is 5.67 Å². The highest BCUT2D eigenvalue weighted by Gasteiger charge is 2.39. The van der Waals surface area contributed by atoms with Crippen LogP contribution in [0.5, 0.6) is 0 Å². The molecule has 0 aromatic heterocycles. The first-order valence-corrected chi connectivity index (χ1v) is 7.24. The van der Waals surface area contributed by atoms with Gasteiger partial charge in [-0.2, -0.15) is 0 Å². The van der Waals surface area contributed by atoms with Crippen molar-refractivity contribution >= 4 is 12.4 Å². The number of carboxylic acids is 1. The third-order valence-corrected chi connectivity index (χ3v) is 4.71. The summed E-state index contributed by atoms with van der Waals surface area (Å²) in [5.74, 6) is -0.983. The van der Waals surface area contributed by atoms with E-state index in [2.05, 4.69) is 5.32 Å². The fourth-order valence-corrected chi connectivity index (χ4v) is 3.14. The maximum Gasteiger partial charge on any atom is 0.306 e. The molecule has 2 rings (SSSR count). The van der Waals surface area contributed by atoms with Gasteiger partial charge < -0.3 is 15.3 Å². The van der Waals surface area contributed by atoms with Crippen LogP contribution in [0.2, 0.25) is 0 Å². The number of piperidine rings is 1. The van der Waals surface area contributed by atoms with Crippen LogP contribution >= 0.6 is 0 Å². The van der Waals surface area contributed by atoms with Crippen molar-refractivity contribution in [1.29, 1.82) is 0 Å². The van der Waals surface area contributed by atoms with Gasteiger partial charge in [-0.1, -0.05) is 0 Å².